The number of hydrogen-bond acceptors (Lipinski definition) is 5. The maximum atomic E-state index is 12.5. The van der Waals surface area contributed by atoms with Gasteiger partial charge in [-0.05, 0) is 29.3 Å². The van der Waals surface area contributed by atoms with Crippen LogP contribution in [0.1, 0.15) is 23.7 Å². The number of fused-ring (bicyclic) bond motifs is 2. The van der Waals surface area contributed by atoms with Crippen molar-refractivity contribution in [2.24, 2.45) is 0 Å². The van der Waals surface area contributed by atoms with Gasteiger partial charge >= 0.3 is 0 Å². The minimum atomic E-state index is -0.602. The molecule has 5 nitrogen and oxygen atoms in total. The molecule has 6 heteroatoms. The van der Waals surface area contributed by atoms with Crippen molar-refractivity contribution >= 4 is 17.7 Å². The van der Waals surface area contributed by atoms with Crippen molar-refractivity contribution in [3.05, 3.63) is 53.6 Å². The molecule has 2 heterocycles. The zero-order valence-corrected chi connectivity index (χ0v) is 15.2. The van der Waals surface area contributed by atoms with Crippen molar-refractivity contribution < 1.29 is 19.4 Å². The Kier molecular flexibility index (Phi) is 5.04. The Morgan fingerprint density at radius 3 is 2.85 bits per heavy atom. The lowest BCUT2D eigenvalue weighted by Crippen LogP contribution is -2.38. The quantitative estimate of drug-likeness (QED) is 0.838. The van der Waals surface area contributed by atoms with E-state index in [2.05, 4.69) is 0 Å². The lowest BCUT2D eigenvalue weighted by Gasteiger charge is -2.32. The molecule has 0 aliphatic carbocycles. The molecule has 0 bridgehead atoms. The van der Waals surface area contributed by atoms with E-state index >= 15 is 0 Å². The fourth-order valence-electron chi connectivity index (χ4n) is 3.30. The Balaban J connectivity index is 1.32. The molecular formula is C20H21NO4S. The Bertz CT molecular complexity index is 810. The molecule has 1 N–H and O–H groups in total. The number of hydrogen-bond donors (Lipinski definition) is 1. The van der Waals surface area contributed by atoms with E-state index in [4.69, 9.17) is 9.47 Å². The van der Waals surface area contributed by atoms with Gasteiger partial charge in [0.15, 0.2) is 11.5 Å². The highest BCUT2D eigenvalue weighted by molar-refractivity contribution is 7.99. The van der Waals surface area contributed by atoms with Gasteiger partial charge in [0.25, 0.3) is 0 Å². The number of amides is 1. The molecule has 2 aliphatic rings. The maximum absolute atomic E-state index is 12.5. The van der Waals surface area contributed by atoms with Gasteiger partial charge in [0, 0.05) is 23.6 Å². The van der Waals surface area contributed by atoms with E-state index in [1.165, 1.54) is 0 Å². The molecule has 2 aromatic rings. The first-order valence-electron chi connectivity index (χ1n) is 8.77. The van der Waals surface area contributed by atoms with Crippen molar-refractivity contribution in [3.63, 3.8) is 0 Å². The first kappa shape index (κ1) is 17.2. The lowest BCUT2D eigenvalue weighted by atomic mass is 9.97. The summed E-state index contributed by atoms with van der Waals surface area (Å²) >= 11 is 1.63. The van der Waals surface area contributed by atoms with Crippen LogP contribution >= 0.6 is 11.8 Å². The Morgan fingerprint density at radius 2 is 1.96 bits per heavy atom. The van der Waals surface area contributed by atoms with Crippen LogP contribution in [0.15, 0.2) is 47.4 Å². The molecule has 0 radical (unpaired) electrons. The third kappa shape index (κ3) is 3.66. The molecule has 4 rings (SSSR count). The summed E-state index contributed by atoms with van der Waals surface area (Å²) in [5, 5.41) is 10.3. The van der Waals surface area contributed by atoms with Gasteiger partial charge in [-0.2, -0.15) is 0 Å². The number of ether oxygens (including phenoxy) is 2. The molecule has 0 fully saturated rings. The van der Waals surface area contributed by atoms with Crippen LogP contribution in [0.5, 0.6) is 11.5 Å². The third-order valence-corrected chi connectivity index (χ3v) is 5.62. The molecule has 0 unspecified atom stereocenters. The summed E-state index contributed by atoms with van der Waals surface area (Å²) in [7, 11) is 0. The van der Waals surface area contributed by atoms with Crippen LogP contribution in [0.4, 0.5) is 0 Å². The number of aliphatic hydroxyl groups is 1. The molecule has 136 valence electrons. The third-order valence-electron chi connectivity index (χ3n) is 4.62. The summed E-state index contributed by atoms with van der Waals surface area (Å²) in [5.41, 5.74) is 1.96. The smallest absolute Gasteiger partial charge is 0.223 e. The van der Waals surface area contributed by atoms with E-state index in [1.807, 2.05) is 42.5 Å². The maximum Gasteiger partial charge on any atom is 0.223 e. The molecule has 0 saturated carbocycles. The average Bonchev–Trinajstić information content (AvgIpc) is 2.68. The molecule has 0 spiro atoms. The first-order chi connectivity index (χ1) is 12.7. The van der Waals surface area contributed by atoms with Crippen LogP contribution in [0, 0.1) is 0 Å². The van der Waals surface area contributed by atoms with Crippen LogP contribution in [0.25, 0.3) is 0 Å². The Morgan fingerprint density at radius 1 is 1.15 bits per heavy atom. The van der Waals surface area contributed by atoms with Gasteiger partial charge in [0.05, 0.1) is 12.6 Å². The summed E-state index contributed by atoms with van der Waals surface area (Å²) < 4.78 is 11.1. The van der Waals surface area contributed by atoms with Gasteiger partial charge in [0.2, 0.25) is 5.91 Å². The first-order valence-corrected chi connectivity index (χ1v) is 9.75. The van der Waals surface area contributed by atoms with Gasteiger partial charge in [-0.1, -0.05) is 24.3 Å². The fraction of sp³-hybridized carbons (Fsp3) is 0.350. The van der Waals surface area contributed by atoms with E-state index in [9.17, 15) is 9.90 Å². The van der Waals surface area contributed by atoms with Crippen LogP contribution in [0.2, 0.25) is 0 Å². The molecular weight excluding hydrogens is 350 g/mol. The molecule has 26 heavy (non-hydrogen) atoms. The van der Waals surface area contributed by atoms with Crippen LogP contribution in [-0.4, -0.2) is 41.4 Å². The van der Waals surface area contributed by atoms with Crippen molar-refractivity contribution in [1.82, 2.24) is 4.90 Å². The summed E-state index contributed by atoms with van der Waals surface area (Å²) in [5.74, 6) is 2.30. The largest absolute Gasteiger partial charge is 0.486 e. The standard InChI is InChI=1S/C20H21NO4S/c22-17-13-21(12-14-3-1-2-4-16(14)17)20(23)7-10-26-15-5-6-18-19(11-15)25-9-8-24-18/h1-6,11,17,22H,7-10,12-13H2/t17-/m1/s1. The zero-order chi connectivity index (χ0) is 17.9. The van der Waals surface area contributed by atoms with Crippen LogP contribution in [0.3, 0.4) is 0 Å². The monoisotopic (exact) mass is 371 g/mol. The second-order valence-electron chi connectivity index (χ2n) is 6.39. The number of β-amino-alcohol motifs (C(OH)–C–C–N with tert-alkyl or cyclic N) is 1. The highest BCUT2D eigenvalue weighted by atomic mass is 32.2. The van der Waals surface area contributed by atoms with Gasteiger partial charge in [0.1, 0.15) is 13.2 Å². The molecule has 2 aliphatic heterocycles. The molecule has 1 amide bonds. The summed E-state index contributed by atoms with van der Waals surface area (Å²) in [6.07, 6.45) is -0.164. The Labute approximate surface area is 156 Å². The minimum absolute atomic E-state index is 0.0728. The van der Waals surface area contributed by atoms with E-state index < -0.39 is 6.10 Å². The van der Waals surface area contributed by atoms with E-state index in [-0.39, 0.29) is 5.91 Å². The predicted molar refractivity (Wildman–Crippen MR) is 99.6 cm³/mol. The van der Waals surface area contributed by atoms with Crippen molar-refractivity contribution in [2.75, 3.05) is 25.5 Å². The van der Waals surface area contributed by atoms with Crippen molar-refractivity contribution in [1.29, 1.82) is 0 Å². The Hall–Kier alpha value is -2.18. The number of aliphatic hydroxyl groups excluding tert-OH is 1. The summed E-state index contributed by atoms with van der Waals surface area (Å²) in [6.45, 7) is 2.09. The number of thioether (sulfide) groups is 1. The number of rotatable bonds is 4. The van der Waals surface area contributed by atoms with Gasteiger partial charge in [-0.15, -0.1) is 11.8 Å². The highest BCUT2D eigenvalue weighted by Gasteiger charge is 2.26. The number of carbonyl (C=O) groups excluding carboxylic acids is 1. The van der Waals surface area contributed by atoms with Gasteiger partial charge in [-0.3, -0.25) is 4.79 Å². The molecule has 1 atom stereocenters. The van der Waals surface area contributed by atoms with Crippen LogP contribution < -0.4 is 9.47 Å². The van der Waals surface area contributed by atoms with Crippen molar-refractivity contribution in [3.8, 4) is 11.5 Å². The normalized spacial score (nSPS) is 18.3. The highest BCUT2D eigenvalue weighted by Crippen LogP contribution is 2.34. The lowest BCUT2D eigenvalue weighted by molar-refractivity contribution is -0.133. The zero-order valence-electron chi connectivity index (χ0n) is 14.4. The van der Waals surface area contributed by atoms with E-state index in [0.29, 0.717) is 38.5 Å². The topological polar surface area (TPSA) is 59.0 Å². The minimum Gasteiger partial charge on any atom is -0.486 e. The second-order valence-corrected chi connectivity index (χ2v) is 7.56. The second kappa shape index (κ2) is 7.60. The number of nitrogens with zero attached hydrogens (tertiary/aromatic N) is 1. The fourth-order valence-corrected chi connectivity index (χ4v) is 4.17. The average molecular weight is 371 g/mol. The van der Waals surface area contributed by atoms with Gasteiger partial charge < -0.3 is 19.5 Å². The predicted octanol–water partition coefficient (Wildman–Crippen LogP) is 3.02. The SMILES string of the molecule is O=C(CCSc1ccc2c(c1)OCCO2)N1Cc2ccccc2[C@H](O)C1. The summed E-state index contributed by atoms with van der Waals surface area (Å²) in [6, 6.07) is 13.6. The van der Waals surface area contributed by atoms with Gasteiger partial charge in [-0.25, -0.2) is 0 Å². The van der Waals surface area contributed by atoms with Crippen molar-refractivity contribution in [2.45, 2.75) is 24.0 Å². The molecule has 0 aromatic heterocycles. The van der Waals surface area contributed by atoms with E-state index in [0.717, 1.165) is 27.5 Å². The number of carbonyl (C=O) groups is 1. The summed E-state index contributed by atoms with van der Waals surface area (Å²) in [4.78, 5) is 15.3. The molecule has 0 saturated heterocycles. The van der Waals surface area contributed by atoms with Crippen LogP contribution in [-0.2, 0) is 11.3 Å². The number of benzene rings is 2. The molecule has 2 aromatic carbocycles. The van der Waals surface area contributed by atoms with E-state index in [1.54, 1.807) is 16.7 Å².